The normalized spacial score (nSPS) is 12.1. The molecule has 0 heterocycles. The van der Waals surface area contributed by atoms with Crippen LogP contribution in [0.15, 0.2) is 39.0 Å². The van der Waals surface area contributed by atoms with Gasteiger partial charge in [0.1, 0.15) is 6.07 Å². The molecule has 1 rings (SSSR count). The Balaban J connectivity index is 2.64. The number of unbranched alkanes of at least 4 members (excludes halogenated alkanes) is 1. The van der Waals surface area contributed by atoms with Crippen molar-refractivity contribution in [1.29, 1.82) is 5.26 Å². The van der Waals surface area contributed by atoms with Crippen LogP contribution in [0.1, 0.15) is 19.8 Å². The SMILES string of the molecule is CCCCNC(=O)C(C#N)N=Nc1ccccc1Br. The summed E-state index contributed by atoms with van der Waals surface area (Å²) in [4.78, 5) is 11.7. The fourth-order valence-electron chi connectivity index (χ4n) is 1.27. The summed E-state index contributed by atoms with van der Waals surface area (Å²) in [6, 6.07) is 7.94. The minimum absolute atomic E-state index is 0.410. The Morgan fingerprint density at radius 3 is 2.89 bits per heavy atom. The van der Waals surface area contributed by atoms with Crippen LogP contribution in [0.4, 0.5) is 5.69 Å². The molecule has 1 aromatic rings. The van der Waals surface area contributed by atoms with Crippen molar-refractivity contribution < 1.29 is 4.79 Å². The van der Waals surface area contributed by atoms with Crippen molar-refractivity contribution in [3.63, 3.8) is 0 Å². The van der Waals surface area contributed by atoms with Gasteiger partial charge < -0.3 is 5.32 Å². The first kappa shape index (κ1) is 15.3. The lowest BCUT2D eigenvalue weighted by Gasteiger charge is -2.05. The van der Waals surface area contributed by atoms with Gasteiger partial charge in [-0.25, -0.2) is 0 Å². The Labute approximate surface area is 120 Å². The minimum Gasteiger partial charge on any atom is -0.353 e. The average molecular weight is 323 g/mol. The van der Waals surface area contributed by atoms with Gasteiger partial charge >= 0.3 is 0 Å². The van der Waals surface area contributed by atoms with Gasteiger partial charge in [-0.05, 0) is 34.5 Å². The van der Waals surface area contributed by atoms with Crippen LogP contribution in [-0.2, 0) is 4.79 Å². The van der Waals surface area contributed by atoms with Gasteiger partial charge in [-0.15, -0.1) is 0 Å². The lowest BCUT2D eigenvalue weighted by Crippen LogP contribution is -2.33. The minimum atomic E-state index is -1.11. The summed E-state index contributed by atoms with van der Waals surface area (Å²) in [6.45, 7) is 2.58. The molecule has 0 aromatic heterocycles. The number of nitriles is 1. The quantitative estimate of drug-likeness (QED) is 0.644. The van der Waals surface area contributed by atoms with E-state index < -0.39 is 11.9 Å². The number of nitrogens with zero attached hydrogens (tertiary/aromatic N) is 3. The van der Waals surface area contributed by atoms with Gasteiger partial charge in [0.2, 0.25) is 6.04 Å². The van der Waals surface area contributed by atoms with Crippen molar-refractivity contribution >= 4 is 27.5 Å². The van der Waals surface area contributed by atoms with Gasteiger partial charge in [-0.3, -0.25) is 4.79 Å². The highest BCUT2D eigenvalue weighted by Crippen LogP contribution is 2.24. The van der Waals surface area contributed by atoms with Gasteiger partial charge in [-0.2, -0.15) is 15.5 Å². The van der Waals surface area contributed by atoms with Crippen molar-refractivity contribution in [2.45, 2.75) is 25.8 Å². The van der Waals surface area contributed by atoms with Crippen molar-refractivity contribution in [3.05, 3.63) is 28.7 Å². The number of benzene rings is 1. The number of rotatable bonds is 6. The first-order chi connectivity index (χ1) is 9.19. The third-order valence-corrected chi connectivity index (χ3v) is 3.00. The van der Waals surface area contributed by atoms with E-state index in [9.17, 15) is 4.79 Å². The molecule has 0 fully saturated rings. The molecule has 0 bridgehead atoms. The number of azo groups is 1. The Hall–Kier alpha value is -1.74. The van der Waals surface area contributed by atoms with Gasteiger partial charge in [-0.1, -0.05) is 25.5 Å². The highest BCUT2D eigenvalue weighted by Gasteiger charge is 2.16. The molecule has 0 spiro atoms. The zero-order chi connectivity index (χ0) is 14.1. The molecule has 1 amide bonds. The van der Waals surface area contributed by atoms with Crippen LogP contribution in [-0.4, -0.2) is 18.5 Å². The highest BCUT2D eigenvalue weighted by molar-refractivity contribution is 9.10. The topological polar surface area (TPSA) is 77.6 Å². The largest absolute Gasteiger partial charge is 0.353 e. The summed E-state index contributed by atoms with van der Waals surface area (Å²) in [6.07, 6.45) is 1.86. The molecule has 19 heavy (non-hydrogen) atoms. The number of hydrogen-bond donors (Lipinski definition) is 1. The van der Waals surface area contributed by atoms with Crippen LogP contribution in [0.3, 0.4) is 0 Å². The Kier molecular flexibility index (Phi) is 6.75. The van der Waals surface area contributed by atoms with E-state index in [0.717, 1.165) is 17.3 Å². The van der Waals surface area contributed by atoms with Crippen LogP contribution in [0.2, 0.25) is 0 Å². The van der Waals surface area contributed by atoms with Crippen LogP contribution in [0, 0.1) is 11.3 Å². The summed E-state index contributed by atoms with van der Waals surface area (Å²) in [5, 5.41) is 19.3. The van der Waals surface area contributed by atoms with Crippen molar-refractivity contribution in [2.75, 3.05) is 6.54 Å². The van der Waals surface area contributed by atoms with Gasteiger partial charge in [0.25, 0.3) is 5.91 Å². The number of carbonyl (C=O) groups excluding carboxylic acids is 1. The average Bonchev–Trinajstić information content (AvgIpc) is 2.41. The summed E-state index contributed by atoms with van der Waals surface area (Å²) >= 11 is 3.32. The lowest BCUT2D eigenvalue weighted by molar-refractivity contribution is -0.121. The number of halogens is 1. The molecule has 0 saturated heterocycles. The number of nitrogens with one attached hydrogen (secondary N) is 1. The molecular weight excluding hydrogens is 308 g/mol. The fraction of sp³-hybridized carbons (Fsp3) is 0.385. The molecule has 0 aliphatic carbocycles. The molecule has 5 nitrogen and oxygen atoms in total. The fourth-order valence-corrected chi connectivity index (χ4v) is 1.64. The molecule has 6 heteroatoms. The van der Waals surface area contributed by atoms with E-state index in [0.29, 0.717) is 12.2 Å². The molecule has 0 saturated carbocycles. The number of carbonyl (C=O) groups is 1. The van der Waals surface area contributed by atoms with E-state index in [1.807, 2.05) is 31.2 Å². The summed E-state index contributed by atoms with van der Waals surface area (Å²) < 4.78 is 0.766. The summed E-state index contributed by atoms with van der Waals surface area (Å²) in [7, 11) is 0. The zero-order valence-corrected chi connectivity index (χ0v) is 12.2. The smallest absolute Gasteiger partial charge is 0.261 e. The molecule has 0 aliphatic rings. The number of hydrogen-bond acceptors (Lipinski definition) is 4. The predicted molar refractivity (Wildman–Crippen MR) is 76.0 cm³/mol. The zero-order valence-electron chi connectivity index (χ0n) is 10.6. The Morgan fingerprint density at radius 2 is 2.26 bits per heavy atom. The van der Waals surface area contributed by atoms with E-state index in [2.05, 4.69) is 31.5 Å². The van der Waals surface area contributed by atoms with Crippen LogP contribution >= 0.6 is 15.9 Å². The van der Waals surface area contributed by atoms with Crippen LogP contribution in [0.5, 0.6) is 0 Å². The Morgan fingerprint density at radius 1 is 1.53 bits per heavy atom. The summed E-state index contributed by atoms with van der Waals surface area (Å²) in [5.74, 6) is -0.410. The predicted octanol–water partition coefficient (Wildman–Crippen LogP) is 3.34. The standard InChI is InChI=1S/C13H15BrN4O/c1-2-3-8-16-13(19)12(9-15)18-17-11-7-5-4-6-10(11)14/h4-7,12H,2-3,8H2,1H3,(H,16,19). The molecule has 1 atom stereocenters. The monoisotopic (exact) mass is 322 g/mol. The second-order valence-corrected chi connectivity index (χ2v) is 4.70. The molecular formula is C13H15BrN4O. The van der Waals surface area contributed by atoms with Gasteiger partial charge in [0.05, 0.1) is 5.69 Å². The second kappa shape index (κ2) is 8.38. The third kappa shape index (κ3) is 5.18. The Bertz CT molecular complexity index is 496. The van der Waals surface area contributed by atoms with Crippen molar-refractivity contribution in [2.24, 2.45) is 10.2 Å². The third-order valence-electron chi connectivity index (χ3n) is 2.33. The first-order valence-electron chi connectivity index (χ1n) is 6.01. The molecule has 100 valence electrons. The van der Waals surface area contributed by atoms with Crippen molar-refractivity contribution in [3.8, 4) is 6.07 Å². The first-order valence-corrected chi connectivity index (χ1v) is 6.81. The maximum atomic E-state index is 11.7. The van der Waals surface area contributed by atoms with Gasteiger partial charge in [0.15, 0.2) is 0 Å². The van der Waals surface area contributed by atoms with Crippen molar-refractivity contribution in [1.82, 2.24) is 5.32 Å². The highest BCUT2D eigenvalue weighted by atomic mass is 79.9. The molecule has 1 N–H and O–H groups in total. The van der Waals surface area contributed by atoms with E-state index in [1.165, 1.54) is 0 Å². The van der Waals surface area contributed by atoms with E-state index in [-0.39, 0.29) is 0 Å². The maximum absolute atomic E-state index is 11.7. The van der Waals surface area contributed by atoms with Crippen LogP contribution in [0.25, 0.3) is 0 Å². The molecule has 0 radical (unpaired) electrons. The number of amides is 1. The molecule has 1 unspecified atom stereocenters. The van der Waals surface area contributed by atoms with E-state index in [4.69, 9.17) is 5.26 Å². The lowest BCUT2D eigenvalue weighted by atomic mass is 10.3. The van der Waals surface area contributed by atoms with Crippen LogP contribution < -0.4 is 5.32 Å². The summed E-state index contributed by atoms with van der Waals surface area (Å²) in [5.41, 5.74) is 0.587. The molecule has 1 aromatic carbocycles. The molecule has 0 aliphatic heterocycles. The maximum Gasteiger partial charge on any atom is 0.261 e. The second-order valence-electron chi connectivity index (χ2n) is 3.84. The van der Waals surface area contributed by atoms with Gasteiger partial charge in [0, 0.05) is 11.0 Å². The van der Waals surface area contributed by atoms with E-state index in [1.54, 1.807) is 6.07 Å². The van der Waals surface area contributed by atoms with E-state index >= 15 is 0 Å².